The van der Waals surface area contributed by atoms with E-state index in [1.807, 2.05) is 26.0 Å². The summed E-state index contributed by atoms with van der Waals surface area (Å²) >= 11 is 0. The molecule has 1 N–H and O–H groups in total. The minimum atomic E-state index is -4.92. The van der Waals surface area contributed by atoms with Crippen molar-refractivity contribution in [3.05, 3.63) is 117 Å². The van der Waals surface area contributed by atoms with Crippen molar-refractivity contribution in [3.8, 4) is 28.8 Å². The molecule has 1 aromatic heterocycles. The van der Waals surface area contributed by atoms with Crippen LogP contribution in [0.2, 0.25) is 0 Å². The lowest BCUT2D eigenvalue weighted by Gasteiger charge is -2.19. The molecule has 0 aliphatic carbocycles. The summed E-state index contributed by atoms with van der Waals surface area (Å²) in [6.07, 6.45) is -4.92. The third-order valence-electron chi connectivity index (χ3n) is 6.93. The van der Waals surface area contributed by atoms with Crippen molar-refractivity contribution in [3.63, 3.8) is 0 Å². The Morgan fingerprint density at radius 3 is 2.32 bits per heavy atom. The Bertz CT molecular complexity index is 1820. The minimum absolute atomic E-state index is 0.0220. The summed E-state index contributed by atoms with van der Waals surface area (Å²) in [6, 6.07) is 19.2. The number of esters is 1. The van der Waals surface area contributed by atoms with Gasteiger partial charge in [0.2, 0.25) is 0 Å². The molecule has 4 rings (SSSR count). The fourth-order valence-electron chi connectivity index (χ4n) is 4.61. The van der Waals surface area contributed by atoms with Gasteiger partial charge in [-0.3, -0.25) is 9.59 Å². The number of hydrogen-bond acceptors (Lipinski definition) is 6. The Balaban J connectivity index is 1.69. The topological polar surface area (TPSA) is 110 Å². The standard InChI is InChI=1S/C33H28F3N3O5/c1-19-8-9-24(20(2)14-19)18-39-29(16-28(33(34,35)36)27(17-37)31(39)41)22-10-12-25(13-11-22)44-26-7-5-6-23(15-26)30(40)38-21(3)32(42)43-4/h5-16,21H,18H2,1-4H3,(H,38,40)/t21-/m1/s1. The van der Waals surface area contributed by atoms with Gasteiger partial charge in [0.25, 0.3) is 11.5 Å². The van der Waals surface area contributed by atoms with Crippen molar-refractivity contribution < 1.29 is 32.2 Å². The first kappa shape index (κ1) is 31.6. The van der Waals surface area contributed by atoms with E-state index in [9.17, 15) is 32.8 Å². The second kappa shape index (κ2) is 12.9. The lowest BCUT2D eigenvalue weighted by atomic mass is 10.0. The molecule has 0 radical (unpaired) electrons. The van der Waals surface area contributed by atoms with E-state index in [1.54, 1.807) is 18.2 Å². The van der Waals surface area contributed by atoms with Gasteiger partial charge in [-0.05, 0) is 86.0 Å². The maximum absolute atomic E-state index is 13.9. The van der Waals surface area contributed by atoms with Gasteiger partial charge in [-0.15, -0.1) is 0 Å². The number of methoxy groups -OCH3 is 1. The average Bonchev–Trinajstić information content (AvgIpc) is 2.98. The molecular weight excluding hydrogens is 575 g/mol. The monoisotopic (exact) mass is 603 g/mol. The molecule has 0 saturated heterocycles. The number of hydrogen-bond donors (Lipinski definition) is 1. The van der Waals surface area contributed by atoms with E-state index in [1.165, 1.54) is 61.1 Å². The molecule has 0 aliphatic rings. The third-order valence-corrected chi connectivity index (χ3v) is 6.93. The van der Waals surface area contributed by atoms with Crippen LogP contribution in [0.3, 0.4) is 0 Å². The van der Waals surface area contributed by atoms with E-state index in [-0.39, 0.29) is 17.8 Å². The van der Waals surface area contributed by atoms with E-state index < -0.39 is 40.8 Å². The zero-order chi connectivity index (χ0) is 32.2. The molecule has 8 nitrogen and oxygen atoms in total. The number of carbonyl (C=O) groups is 2. The van der Waals surface area contributed by atoms with Crippen molar-refractivity contribution >= 4 is 11.9 Å². The molecule has 0 aliphatic heterocycles. The molecule has 0 saturated carbocycles. The third kappa shape index (κ3) is 6.98. The van der Waals surface area contributed by atoms with Gasteiger partial charge in [-0.1, -0.05) is 29.8 Å². The van der Waals surface area contributed by atoms with Gasteiger partial charge in [0.1, 0.15) is 29.2 Å². The minimum Gasteiger partial charge on any atom is -0.467 e. The van der Waals surface area contributed by atoms with Crippen LogP contribution in [0.25, 0.3) is 11.3 Å². The first-order valence-corrected chi connectivity index (χ1v) is 13.4. The van der Waals surface area contributed by atoms with Crippen LogP contribution in [-0.4, -0.2) is 29.6 Å². The van der Waals surface area contributed by atoms with Gasteiger partial charge >= 0.3 is 12.1 Å². The van der Waals surface area contributed by atoms with Crippen LogP contribution < -0.4 is 15.6 Å². The van der Waals surface area contributed by atoms with Gasteiger partial charge < -0.3 is 19.4 Å². The van der Waals surface area contributed by atoms with Gasteiger partial charge in [0.05, 0.1) is 24.9 Å². The van der Waals surface area contributed by atoms with E-state index in [0.29, 0.717) is 22.6 Å². The van der Waals surface area contributed by atoms with Crippen LogP contribution in [0.5, 0.6) is 11.5 Å². The lowest BCUT2D eigenvalue weighted by Crippen LogP contribution is -2.39. The molecule has 1 atom stereocenters. The van der Waals surface area contributed by atoms with E-state index >= 15 is 0 Å². The van der Waals surface area contributed by atoms with Crippen LogP contribution in [0.1, 0.15) is 45.1 Å². The lowest BCUT2D eigenvalue weighted by molar-refractivity contribution is -0.142. The largest absolute Gasteiger partial charge is 0.467 e. The van der Waals surface area contributed by atoms with Gasteiger partial charge in [0, 0.05) is 5.56 Å². The average molecular weight is 604 g/mol. The summed E-state index contributed by atoms with van der Waals surface area (Å²) in [5, 5.41) is 12.0. The van der Waals surface area contributed by atoms with Crippen LogP contribution in [0.15, 0.2) is 77.6 Å². The summed E-state index contributed by atoms with van der Waals surface area (Å²) in [6.45, 7) is 5.18. The summed E-state index contributed by atoms with van der Waals surface area (Å²) in [4.78, 5) is 37.5. The number of benzene rings is 3. The molecular formula is C33H28F3N3O5. The molecule has 0 fully saturated rings. The molecule has 4 aromatic rings. The number of nitrogens with zero attached hydrogens (tertiary/aromatic N) is 2. The highest BCUT2D eigenvalue weighted by atomic mass is 19.4. The highest BCUT2D eigenvalue weighted by Crippen LogP contribution is 2.34. The number of carbonyl (C=O) groups excluding carboxylic acids is 2. The highest BCUT2D eigenvalue weighted by molar-refractivity contribution is 5.97. The van der Waals surface area contributed by atoms with Gasteiger partial charge in [0.15, 0.2) is 0 Å². The SMILES string of the molecule is COC(=O)[C@@H](C)NC(=O)c1cccc(Oc2ccc(-c3cc(C(F)(F)F)c(C#N)c(=O)n3Cc3ccc(C)cc3C)cc2)c1. The number of halogens is 3. The van der Waals surface area contributed by atoms with Crippen LogP contribution in [0.4, 0.5) is 13.2 Å². The smallest absolute Gasteiger partial charge is 0.417 e. The molecule has 0 bridgehead atoms. The zero-order valence-electron chi connectivity index (χ0n) is 24.3. The normalized spacial score (nSPS) is 11.8. The molecule has 44 heavy (non-hydrogen) atoms. The predicted molar refractivity (Wildman–Crippen MR) is 156 cm³/mol. The summed E-state index contributed by atoms with van der Waals surface area (Å²) in [5.41, 5.74) is -0.290. The van der Waals surface area contributed by atoms with Crippen molar-refractivity contribution in [2.75, 3.05) is 7.11 Å². The fourth-order valence-corrected chi connectivity index (χ4v) is 4.61. The molecule has 226 valence electrons. The first-order chi connectivity index (χ1) is 20.8. The number of aromatic nitrogens is 1. The van der Waals surface area contributed by atoms with Gasteiger partial charge in [-0.2, -0.15) is 18.4 Å². The molecule has 3 aromatic carbocycles. The number of aryl methyl sites for hydroxylation is 2. The molecule has 11 heteroatoms. The Morgan fingerprint density at radius 1 is 1.00 bits per heavy atom. The molecule has 0 spiro atoms. The Labute approximate surface area is 251 Å². The molecule has 1 heterocycles. The van der Waals surface area contributed by atoms with E-state index in [0.717, 1.165) is 17.2 Å². The highest BCUT2D eigenvalue weighted by Gasteiger charge is 2.36. The van der Waals surface area contributed by atoms with E-state index in [4.69, 9.17) is 4.74 Å². The van der Waals surface area contributed by atoms with Crippen molar-refractivity contribution in [1.29, 1.82) is 5.26 Å². The summed E-state index contributed by atoms with van der Waals surface area (Å²) < 4.78 is 53.4. The zero-order valence-corrected chi connectivity index (χ0v) is 24.3. The summed E-state index contributed by atoms with van der Waals surface area (Å²) in [7, 11) is 1.21. The Morgan fingerprint density at radius 2 is 1.70 bits per heavy atom. The quantitative estimate of drug-likeness (QED) is 0.242. The second-order valence-electron chi connectivity index (χ2n) is 10.1. The number of rotatable bonds is 8. The molecule has 0 unspecified atom stereocenters. The molecule has 1 amide bonds. The van der Waals surface area contributed by atoms with Crippen molar-refractivity contribution in [2.45, 2.75) is 39.5 Å². The number of amides is 1. The number of pyridine rings is 1. The maximum atomic E-state index is 13.9. The number of alkyl halides is 3. The van der Waals surface area contributed by atoms with Crippen LogP contribution in [0, 0.1) is 25.2 Å². The van der Waals surface area contributed by atoms with E-state index in [2.05, 4.69) is 10.1 Å². The first-order valence-electron chi connectivity index (χ1n) is 13.4. The number of ether oxygens (including phenoxy) is 2. The Hall–Kier alpha value is -5.37. The number of nitrogens with one attached hydrogen (secondary N) is 1. The predicted octanol–water partition coefficient (Wildman–Crippen LogP) is 6.15. The van der Waals surface area contributed by atoms with Gasteiger partial charge in [-0.25, -0.2) is 4.79 Å². The fraction of sp³-hybridized carbons (Fsp3) is 0.212. The van der Waals surface area contributed by atoms with Crippen molar-refractivity contribution in [1.82, 2.24) is 9.88 Å². The van der Waals surface area contributed by atoms with Crippen molar-refractivity contribution in [2.24, 2.45) is 0 Å². The maximum Gasteiger partial charge on any atom is 0.417 e. The van der Waals surface area contributed by atoms with Crippen LogP contribution in [-0.2, 0) is 22.3 Å². The second-order valence-corrected chi connectivity index (χ2v) is 10.1. The van der Waals surface area contributed by atoms with Crippen LogP contribution >= 0.6 is 0 Å². The number of nitriles is 1. The summed E-state index contributed by atoms with van der Waals surface area (Å²) in [5.74, 6) is -0.524. The Kier molecular flexibility index (Phi) is 9.23.